The molecular formula is C15H18O5. The van der Waals surface area contributed by atoms with E-state index >= 15 is 0 Å². The van der Waals surface area contributed by atoms with E-state index in [2.05, 4.69) is 0 Å². The lowest BCUT2D eigenvalue weighted by molar-refractivity contribution is 0.0650. The summed E-state index contributed by atoms with van der Waals surface area (Å²) in [5.74, 6) is -2.45. The Balaban J connectivity index is 2.80. The zero-order valence-corrected chi connectivity index (χ0v) is 11.5. The number of benzene rings is 1. The van der Waals surface area contributed by atoms with E-state index in [4.69, 9.17) is 14.9 Å². The van der Waals surface area contributed by atoms with Gasteiger partial charge in [0.25, 0.3) is 0 Å². The number of ether oxygens (including phenoxy) is 1. The summed E-state index contributed by atoms with van der Waals surface area (Å²) in [5, 5.41) is 18.2. The molecule has 1 rings (SSSR count). The van der Waals surface area contributed by atoms with E-state index in [1.165, 1.54) is 6.07 Å². The fraction of sp³-hybridized carbons (Fsp3) is 0.333. The Morgan fingerprint density at radius 2 is 1.90 bits per heavy atom. The van der Waals surface area contributed by atoms with E-state index in [1.54, 1.807) is 18.4 Å². The summed E-state index contributed by atoms with van der Waals surface area (Å²) in [6.07, 6.45) is 2.72. The van der Waals surface area contributed by atoms with Crippen molar-refractivity contribution in [2.24, 2.45) is 0 Å². The monoisotopic (exact) mass is 278 g/mol. The SMILES string of the molecule is CC(C)=COCCCc1cccc(C(=O)O)c1C(=O)O. The molecule has 0 saturated heterocycles. The molecule has 0 heterocycles. The zero-order valence-electron chi connectivity index (χ0n) is 11.5. The van der Waals surface area contributed by atoms with Crippen LogP contribution < -0.4 is 0 Å². The lowest BCUT2D eigenvalue weighted by Crippen LogP contribution is -2.11. The molecule has 0 spiro atoms. The second-order valence-corrected chi connectivity index (χ2v) is 4.62. The third-order valence-electron chi connectivity index (χ3n) is 2.62. The van der Waals surface area contributed by atoms with Gasteiger partial charge in [0.05, 0.1) is 24.0 Å². The molecule has 1 aromatic carbocycles. The molecule has 0 aliphatic rings. The Bertz CT molecular complexity index is 527. The van der Waals surface area contributed by atoms with Gasteiger partial charge in [0.15, 0.2) is 0 Å². The maximum atomic E-state index is 11.2. The second kappa shape index (κ2) is 7.33. The van der Waals surface area contributed by atoms with E-state index in [-0.39, 0.29) is 11.1 Å². The third kappa shape index (κ3) is 4.42. The number of aromatic carboxylic acids is 2. The average Bonchev–Trinajstić information content (AvgIpc) is 2.37. The largest absolute Gasteiger partial charge is 0.501 e. The van der Waals surface area contributed by atoms with Gasteiger partial charge in [0.1, 0.15) is 0 Å². The van der Waals surface area contributed by atoms with Gasteiger partial charge in [-0.15, -0.1) is 0 Å². The van der Waals surface area contributed by atoms with Crippen LogP contribution in [0.25, 0.3) is 0 Å². The van der Waals surface area contributed by atoms with Crippen molar-refractivity contribution >= 4 is 11.9 Å². The molecule has 0 saturated carbocycles. The normalized spacial score (nSPS) is 9.90. The standard InChI is InChI=1S/C15H18O5/c1-10(2)9-20-8-4-6-11-5-3-7-12(14(16)17)13(11)15(18)19/h3,5,7,9H,4,6,8H2,1-2H3,(H,16,17)(H,18,19). The summed E-state index contributed by atoms with van der Waals surface area (Å²) < 4.78 is 5.27. The molecule has 5 heteroatoms. The van der Waals surface area contributed by atoms with Crippen LogP contribution in [-0.4, -0.2) is 28.8 Å². The number of rotatable bonds is 7. The molecule has 0 bridgehead atoms. The Morgan fingerprint density at radius 3 is 2.45 bits per heavy atom. The third-order valence-corrected chi connectivity index (χ3v) is 2.62. The minimum Gasteiger partial charge on any atom is -0.501 e. The Morgan fingerprint density at radius 1 is 1.20 bits per heavy atom. The quantitative estimate of drug-likeness (QED) is 0.591. The first-order valence-corrected chi connectivity index (χ1v) is 6.27. The smallest absolute Gasteiger partial charge is 0.336 e. The van der Waals surface area contributed by atoms with Crippen molar-refractivity contribution in [2.45, 2.75) is 26.7 Å². The fourth-order valence-electron chi connectivity index (χ4n) is 1.81. The Kier molecular flexibility index (Phi) is 5.77. The van der Waals surface area contributed by atoms with E-state index < -0.39 is 11.9 Å². The summed E-state index contributed by atoms with van der Waals surface area (Å²) in [5.41, 5.74) is 1.24. The lowest BCUT2D eigenvalue weighted by atomic mass is 9.98. The van der Waals surface area contributed by atoms with Crippen LogP contribution in [0.4, 0.5) is 0 Å². The van der Waals surface area contributed by atoms with Gasteiger partial charge >= 0.3 is 11.9 Å². The predicted molar refractivity (Wildman–Crippen MR) is 74.1 cm³/mol. The van der Waals surface area contributed by atoms with Gasteiger partial charge in [-0.2, -0.15) is 0 Å². The first kappa shape index (κ1) is 15.8. The van der Waals surface area contributed by atoms with E-state index in [9.17, 15) is 9.59 Å². The predicted octanol–water partition coefficient (Wildman–Crippen LogP) is 2.96. The van der Waals surface area contributed by atoms with Crippen LogP contribution in [0.2, 0.25) is 0 Å². The van der Waals surface area contributed by atoms with Crippen molar-refractivity contribution in [1.82, 2.24) is 0 Å². The van der Waals surface area contributed by atoms with Crippen LogP contribution in [0.15, 0.2) is 30.0 Å². The van der Waals surface area contributed by atoms with Crippen molar-refractivity contribution in [2.75, 3.05) is 6.61 Å². The van der Waals surface area contributed by atoms with Gasteiger partial charge in [-0.1, -0.05) is 12.1 Å². The van der Waals surface area contributed by atoms with Gasteiger partial charge in [-0.3, -0.25) is 0 Å². The van der Waals surface area contributed by atoms with Crippen LogP contribution in [0.1, 0.15) is 46.5 Å². The first-order chi connectivity index (χ1) is 9.43. The number of carboxylic acid groups (broad SMARTS) is 2. The van der Waals surface area contributed by atoms with Gasteiger partial charge in [-0.05, 0) is 43.9 Å². The highest BCUT2D eigenvalue weighted by Crippen LogP contribution is 2.17. The van der Waals surface area contributed by atoms with Crippen molar-refractivity contribution in [3.05, 3.63) is 46.7 Å². The molecule has 0 unspecified atom stereocenters. The number of carbonyl (C=O) groups is 2. The van der Waals surface area contributed by atoms with Crippen LogP contribution >= 0.6 is 0 Å². The summed E-state index contributed by atoms with van der Waals surface area (Å²) in [7, 11) is 0. The average molecular weight is 278 g/mol. The Labute approximate surface area is 117 Å². The molecular weight excluding hydrogens is 260 g/mol. The maximum absolute atomic E-state index is 11.2. The first-order valence-electron chi connectivity index (χ1n) is 6.27. The molecule has 0 amide bonds. The fourth-order valence-corrected chi connectivity index (χ4v) is 1.81. The number of allylic oxidation sites excluding steroid dienone is 1. The van der Waals surface area contributed by atoms with Gasteiger partial charge in [-0.25, -0.2) is 9.59 Å². The van der Waals surface area contributed by atoms with Gasteiger partial charge in [0, 0.05) is 0 Å². The number of hydrogen-bond donors (Lipinski definition) is 2. The summed E-state index contributed by atoms with van der Waals surface area (Å²) in [4.78, 5) is 22.3. The number of hydrogen-bond acceptors (Lipinski definition) is 3. The molecule has 0 atom stereocenters. The van der Waals surface area contributed by atoms with Crippen molar-refractivity contribution in [3.8, 4) is 0 Å². The highest BCUT2D eigenvalue weighted by Gasteiger charge is 2.19. The van der Waals surface area contributed by atoms with Crippen molar-refractivity contribution in [3.63, 3.8) is 0 Å². The van der Waals surface area contributed by atoms with Crippen molar-refractivity contribution in [1.29, 1.82) is 0 Å². The summed E-state index contributed by atoms with van der Waals surface area (Å²) in [6, 6.07) is 4.49. The summed E-state index contributed by atoms with van der Waals surface area (Å²) in [6.45, 7) is 4.29. The molecule has 0 aliphatic carbocycles. The zero-order chi connectivity index (χ0) is 15.1. The van der Waals surface area contributed by atoms with E-state index in [0.717, 1.165) is 5.57 Å². The molecule has 108 valence electrons. The highest BCUT2D eigenvalue weighted by molar-refractivity contribution is 6.02. The van der Waals surface area contributed by atoms with Gasteiger partial charge < -0.3 is 14.9 Å². The van der Waals surface area contributed by atoms with Crippen LogP contribution in [-0.2, 0) is 11.2 Å². The van der Waals surface area contributed by atoms with Gasteiger partial charge in [0.2, 0.25) is 0 Å². The van der Waals surface area contributed by atoms with Crippen molar-refractivity contribution < 1.29 is 24.5 Å². The van der Waals surface area contributed by atoms with Crippen LogP contribution in [0.5, 0.6) is 0 Å². The van der Waals surface area contributed by atoms with Crippen LogP contribution in [0, 0.1) is 0 Å². The highest BCUT2D eigenvalue weighted by atomic mass is 16.5. The molecule has 0 aliphatic heterocycles. The molecule has 20 heavy (non-hydrogen) atoms. The Hall–Kier alpha value is -2.30. The number of carboxylic acids is 2. The number of aryl methyl sites for hydroxylation is 1. The van der Waals surface area contributed by atoms with Crippen LogP contribution in [0.3, 0.4) is 0 Å². The minimum absolute atomic E-state index is 0.137. The lowest BCUT2D eigenvalue weighted by Gasteiger charge is -2.09. The molecule has 5 nitrogen and oxygen atoms in total. The molecule has 0 aromatic heterocycles. The second-order valence-electron chi connectivity index (χ2n) is 4.62. The minimum atomic E-state index is -1.23. The molecule has 0 radical (unpaired) electrons. The van der Waals surface area contributed by atoms with E-state index in [0.29, 0.717) is 25.0 Å². The molecule has 0 fully saturated rings. The van der Waals surface area contributed by atoms with E-state index in [1.807, 2.05) is 13.8 Å². The topological polar surface area (TPSA) is 83.8 Å². The maximum Gasteiger partial charge on any atom is 0.336 e. The molecule has 1 aromatic rings. The molecule has 2 N–H and O–H groups in total. The summed E-state index contributed by atoms with van der Waals surface area (Å²) >= 11 is 0.